The summed E-state index contributed by atoms with van der Waals surface area (Å²) in [7, 11) is 0. The quantitative estimate of drug-likeness (QED) is 0.527. The number of benzene rings is 2. The maximum Gasteiger partial charge on any atom is -0.00173 e. The Morgan fingerprint density at radius 3 is 1.56 bits per heavy atom. The van der Waals surface area contributed by atoms with Gasteiger partial charge in [-0.25, -0.2) is 0 Å². The van der Waals surface area contributed by atoms with Gasteiger partial charge >= 0.3 is 0 Å². The summed E-state index contributed by atoms with van der Waals surface area (Å²) < 4.78 is 0. The van der Waals surface area contributed by atoms with E-state index in [4.69, 9.17) is 0 Å². The molecule has 0 aromatic heterocycles. The van der Waals surface area contributed by atoms with Crippen molar-refractivity contribution >= 4 is 0 Å². The number of hydrogen-bond acceptors (Lipinski definition) is 0. The molecule has 0 radical (unpaired) electrons. The summed E-state index contributed by atoms with van der Waals surface area (Å²) in [6.07, 6.45) is 2.22. The normalized spacial score (nSPS) is 13.1. The predicted octanol–water partition coefficient (Wildman–Crippen LogP) is 3.80. The van der Waals surface area contributed by atoms with Gasteiger partial charge in [0, 0.05) is 0 Å². The Hall–Kier alpha value is -1.56. The van der Waals surface area contributed by atoms with Gasteiger partial charge in [-0.05, 0) is 60.1 Å². The zero-order valence-electron chi connectivity index (χ0n) is 9.88. The van der Waals surface area contributed by atoms with Crippen LogP contribution < -0.4 is 0 Å². The molecule has 0 saturated heterocycles. The van der Waals surface area contributed by atoms with Gasteiger partial charge in [-0.1, -0.05) is 36.4 Å². The zero-order valence-corrected chi connectivity index (χ0v) is 9.88. The van der Waals surface area contributed by atoms with E-state index in [9.17, 15) is 0 Å². The molecule has 0 atom stereocenters. The van der Waals surface area contributed by atoms with E-state index in [1.54, 1.807) is 11.1 Å². The lowest BCUT2D eigenvalue weighted by molar-refractivity contribution is 0.972. The predicted molar refractivity (Wildman–Crippen MR) is 68.0 cm³/mol. The molecule has 0 saturated carbocycles. The minimum absolute atomic E-state index is 1.11. The molecule has 0 bridgehead atoms. The second-order valence-corrected chi connectivity index (χ2v) is 4.78. The SMILES string of the molecule is Cc1ccc(C)c2c1Cc1ccccc1C2. The first kappa shape index (κ1) is 9.65. The van der Waals surface area contributed by atoms with E-state index in [0.29, 0.717) is 0 Å². The van der Waals surface area contributed by atoms with Crippen LogP contribution in [0.5, 0.6) is 0 Å². The minimum atomic E-state index is 1.11. The molecule has 0 heterocycles. The molecular formula is C16H16. The average Bonchev–Trinajstić information content (AvgIpc) is 2.32. The van der Waals surface area contributed by atoms with Crippen molar-refractivity contribution in [3.8, 4) is 0 Å². The summed E-state index contributed by atoms with van der Waals surface area (Å²) in [5.41, 5.74) is 9.00. The Balaban J connectivity index is 2.19. The number of hydrogen-bond donors (Lipinski definition) is 0. The number of fused-ring (bicyclic) bond motifs is 2. The van der Waals surface area contributed by atoms with Gasteiger partial charge in [0.2, 0.25) is 0 Å². The molecule has 2 aromatic rings. The van der Waals surface area contributed by atoms with Gasteiger partial charge in [0.25, 0.3) is 0 Å². The van der Waals surface area contributed by atoms with Crippen molar-refractivity contribution in [2.24, 2.45) is 0 Å². The molecule has 3 rings (SSSR count). The summed E-state index contributed by atoms with van der Waals surface area (Å²) in [6.45, 7) is 4.46. The summed E-state index contributed by atoms with van der Waals surface area (Å²) in [6, 6.07) is 13.3. The van der Waals surface area contributed by atoms with Crippen LogP contribution in [0.15, 0.2) is 36.4 Å². The Labute approximate surface area is 96.9 Å². The van der Waals surface area contributed by atoms with Crippen molar-refractivity contribution in [2.45, 2.75) is 26.7 Å². The van der Waals surface area contributed by atoms with Crippen LogP contribution in [-0.4, -0.2) is 0 Å². The maximum atomic E-state index is 2.26. The lowest BCUT2D eigenvalue weighted by Gasteiger charge is -2.23. The molecule has 0 fully saturated rings. The Morgan fingerprint density at radius 1 is 0.688 bits per heavy atom. The highest BCUT2D eigenvalue weighted by Gasteiger charge is 2.17. The van der Waals surface area contributed by atoms with E-state index in [-0.39, 0.29) is 0 Å². The maximum absolute atomic E-state index is 2.26. The molecule has 2 aromatic carbocycles. The van der Waals surface area contributed by atoms with Crippen molar-refractivity contribution in [3.63, 3.8) is 0 Å². The molecule has 0 N–H and O–H groups in total. The van der Waals surface area contributed by atoms with Crippen LogP contribution in [0, 0.1) is 13.8 Å². The van der Waals surface area contributed by atoms with Crippen LogP contribution in [-0.2, 0) is 12.8 Å². The van der Waals surface area contributed by atoms with E-state index in [2.05, 4.69) is 50.2 Å². The first-order valence-electron chi connectivity index (χ1n) is 5.90. The van der Waals surface area contributed by atoms with Gasteiger partial charge in [0.05, 0.1) is 0 Å². The Kier molecular flexibility index (Phi) is 2.10. The molecule has 0 nitrogen and oxygen atoms in total. The van der Waals surface area contributed by atoms with E-state index in [1.165, 1.54) is 22.3 Å². The first-order chi connectivity index (χ1) is 7.75. The number of rotatable bonds is 0. The van der Waals surface area contributed by atoms with Gasteiger partial charge in [0.15, 0.2) is 0 Å². The van der Waals surface area contributed by atoms with Crippen molar-refractivity contribution in [3.05, 3.63) is 69.8 Å². The second kappa shape index (κ2) is 3.48. The lowest BCUT2D eigenvalue weighted by Crippen LogP contribution is -2.10. The van der Waals surface area contributed by atoms with Gasteiger partial charge < -0.3 is 0 Å². The molecule has 0 unspecified atom stereocenters. The Bertz CT molecular complexity index is 500. The van der Waals surface area contributed by atoms with Crippen LogP contribution >= 0.6 is 0 Å². The molecule has 0 spiro atoms. The summed E-state index contributed by atoms with van der Waals surface area (Å²) in [5.74, 6) is 0. The smallest absolute Gasteiger partial charge is 0.00173 e. The number of aryl methyl sites for hydroxylation is 2. The molecule has 0 heteroatoms. The first-order valence-corrected chi connectivity index (χ1v) is 5.90. The highest BCUT2D eigenvalue weighted by molar-refractivity contribution is 5.50. The summed E-state index contributed by atoms with van der Waals surface area (Å²) >= 11 is 0. The van der Waals surface area contributed by atoms with Crippen LogP contribution in [0.25, 0.3) is 0 Å². The standard InChI is InChI=1S/C16H16/c1-11-7-8-12(2)16-10-14-6-4-3-5-13(14)9-15(11)16/h3-8H,9-10H2,1-2H3. The highest BCUT2D eigenvalue weighted by Crippen LogP contribution is 2.30. The van der Waals surface area contributed by atoms with Crippen LogP contribution in [0.1, 0.15) is 33.4 Å². The van der Waals surface area contributed by atoms with Crippen LogP contribution in [0.4, 0.5) is 0 Å². The molecule has 0 aliphatic heterocycles. The third kappa shape index (κ3) is 1.37. The average molecular weight is 208 g/mol. The van der Waals surface area contributed by atoms with E-state index < -0.39 is 0 Å². The third-order valence-electron chi connectivity index (χ3n) is 3.75. The van der Waals surface area contributed by atoms with E-state index in [1.807, 2.05) is 0 Å². The van der Waals surface area contributed by atoms with Crippen molar-refractivity contribution in [2.75, 3.05) is 0 Å². The van der Waals surface area contributed by atoms with Crippen LogP contribution in [0.3, 0.4) is 0 Å². The van der Waals surface area contributed by atoms with Crippen LogP contribution in [0.2, 0.25) is 0 Å². The Morgan fingerprint density at radius 2 is 1.12 bits per heavy atom. The molecule has 80 valence electrons. The zero-order chi connectivity index (χ0) is 11.1. The summed E-state index contributed by atoms with van der Waals surface area (Å²) in [4.78, 5) is 0. The molecule has 0 amide bonds. The molecular weight excluding hydrogens is 192 g/mol. The monoisotopic (exact) mass is 208 g/mol. The van der Waals surface area contributed by atoms with Crippen molar-refractivity contribution < 1.29 is 0 Å². The second-order valence-electron chi connectivity index (χ2n) is 4.78. The molecule has 16 heavy (non-hydrogen) atoms. The van der Waals surface area contributed by atoms with E-state index >= 15 is 0 Å². The van der Waals surface area contributed by atoms with Gasteiger partial charge in [-0.3, -0.25) is 0 Å². The topological polar surface area (TPSA) is 0 Å². The third-order valence-corrected chi connectivity index (χ3v) is 3.75. The fraction of sp³-hybridized carbons (Fsp3) is 0.250. The summed E-state index contributed by atoms with van der Waals surface area (Å²) in [5, 5.41) is 0. The minimum Gasteiger partial charge on any atom is -0.0620 e. The van der Waals surface area contributed by atoms with Gasteiger partial charge in [-0.2, -0.15) is 0 Å². The van der Waals surface area contributed by atoms with Gasteiger partial charge in [-0.15, -0.1) is 0 Å². The molecule has 1 aliphatic rings. The molecule has 1 aliphatic carbocycles. The fourth-order valence-corrected chi connectivity index (χ4v) is 2.70. The largest absolute Gasteiger partial charge is 0.0620 e. The lowest BCUT2D eigenvalue weighted by atomic mass is 9.82. The van der Waals surface area contributed by atoms with Crippen molar-refractivity contribution in [1.82, 2.24) is 0 Å². The highest BCUT2D eigenvalue weighted by atomic mass is 14.2. The van der Waals surface area contributed by atoms with E-state index in [0.717, 1.165) is 12.8 Å². The fourth-order valence-electron chi connectivity index (χ4n) is 2.70. The van der Waals surface area contributed by atoms with Crippen molar-refractivity contribution in [1.29, 1.82) is 0 Å². The van der Waals surface area contributed by atoms with Gasteiger partial charge in [0.1, 0.15) is 0 Å².